The van der Waals surface area contributed by atoms with Gasteiger partial charge in [0.05, 0.1) is 13.2 Å². The molecule has 2 heterocycles. The predicted octanol–water partition coefficient (Wildman–Crippen LogP) is 33.9. The lowest BCUT2D eigenvalue weighted by molar-refractivity contribution is -0.198. The van der Waals surface area contributed by atoms with Gasteiger partial charge in [-0.2, -0.15) is 0 Å². The van der Waals surface area contributed by atoms with Crippen molar-refractivity contribution in [2.24, 2.45) is 32.5 Å². The summed E-state index contributed by atoms with van der Waals surface area (Å²) in [6.07, 6.45) is 5.48. The molecule has 4 unspecified atom stereocenters. The Morgan fingerprint density at radius 3 is 0.959 bits per heavy atom. The molecule has 0 aliphatic carbocycles. The molecule has 12 aromatic carbocycles. The second-order valence-corrected chi connectivity index (χ2v) is 50.7. The van der Waals surface area contributed by atoms with Crippen molar-refractivity contribution in [2.75, 3.05) is 13.2 Å². The van der Waals surface area contributed by atoms with Crippen LogP contribution in [0, 0.1) is 32.5 Å². The van der Waals surface area contributed by atoms with E-state index in [1.807, 2.05) is 65.8 Å². The van der Waals surface area contributed by atoms with Crippen LogP contribution in [-0.2, 0) is 72.5 Å². The summed E-state index contributed by atoms with van der Waals surface area (Å²) >= 11 is 3.16. The fraction of sp³-hybridized carbons (Fsp3) is 0.459. The molecule has 0 amide bonds. The first-order chi connectivity index (χ1) is 57.1. The zero-order valence-electron chi connectivity index (χ0n) is 80.0. The van der Waals surface area contributed by atoms with Gasteiger partial charge < -0.3 is 29.9 Å². The fourth-order valence-electron chi connectivity index (χ4n) is 13.3. The van der Waals surface area contributed by atoms with Gasteiger partial charge in [0, 0.05) is 55.9 Å². The van der Waals surface area contributed by atoms with Crippen LogP contribution in [0.1, 0.15) is 281 Å². The van der Waals surface area contributed by atoms with Gasteiger partial charge in [0.15, 0.2) is 11.6 Å². The number of hydrogen-bond acceptors (Lipinski definition) is 12. The quantitative estimate of drug-likeness (QED) is 0.109. The van der Waals surface area contributed by atoms with E-state index in [1.165, 1.54) is 54.9 Å². The summed E-state index contributed by atoms with van der Waals surface area (Å²) < 4.78 is 12.4. The van der Waals surface area contributed by atoms with Crippen LogP contribution in [0.15, 0.2) is 223 Å². The summed E-state index contributed by atoms with van der Waals surface area (Å²) in [5.41, 5.74) is 15.1. The lowest BCUT2D eigenvalue weighted by Crippen LogP contribution is -2.26. The van der Waals surface area contributed by atoms with E-state index in [2.05, 4.69) is 354 Å². The third kappa shape index (κ3) is 37.4. The van der Waals surface area contributed by atoms with E-state index >= 15 is 0 Å². The molecule has 2 aliphatic heterocycles. The van der Waals surface area contributed by atoms with Crippen LogP contribution in [0.5, 0.6) is 0 Å². The highest BCUT2D eigenvalue weighted by atomic mass is 33.1. The van der Waals surface area contributed by atoms with Crippen molar-refractivity contribution in [3.8, 4) is 0 Å². The Kier molecular flexibility index (Phi) is 38.8. The van der Waals surface area contributed by atoms with Crippen molar-refractivity contribution in [1.82, 2.24) is 0 Å². The summed E-state index contributed by atoms with van der Waals surface area (Å²) in [5.74, 6) is 1.05. The van der Waals surface area contributed by atoms with Gasteiger partial charge in [-0.05, 0) is 233 Å². The molecule has 4 N–H and O–H groups in total. The lowest BCUT2D eigenvalue weighted by atomic mass is 9.96. The third-order valence-corrected chi connectivity index (χ3v) is 25.3. The smallest absolute Gasteiger partial charge is 0.189 e. The van der Waals surface area contributed by atoms with E-state index in [0.29, 0.717) is 57.2 Å². The Bertz CT molecular complexity index is 5200. The van der Waals surface area contributed by atoms with Crippen molar-refractivity contribution in [1.29, 1.82) is 0 Å². The zero-order valence-corrected chi connectivity index (χ0v) is 84.9. The molecule has 16 bridgehead atoms. The Labute approximate surface area is 767 Å². The summed E-state index contributed by atoms with van der Waals surface area (Å²) in [7, 11) is 7.16. The molecule has 0 fully saturated rings. The van der Waals surface area contributed by atoms with E-state index < -0.39 is 21.4 Å². The minimum absolute atomic E-state index is 0.473. The van der Waals surface area contributed by atoms with Crippen LogP contribution < -0.4 is 0 Å². The minimum Gasteiger partial charge on any atom is -0.376 e. The maximum Gasteiger partial charge on any atom is 0.189 e. The van der Waals surface area contributed by atoms with E-state index in [-0.39, 0.29) is 0 Å². The Morgan fingerprint density at radius 2 is 0.569 bits per heavy atom. The second-order valence-electron chi connectivity index (χ2n) is 43.1. The van der Waals surface area contributed by atoms with E-state index in [4.69, 9.17) is 9.47 Å². The number of fused-ring (bicyclic) bond motifs is 10. The molecule has 2 aliphatic rings. The Morgan fingerprint density at radius 1 is 0.260 bits per heavy atom. The number of aliphatic hydroxyl groups is 4. The van der Waals surface area contributed by atoms with E-state index in [0.717, 1.165) is 132 Å². The van der Waals surface area contributed by atoms with Gasteiger partial charge in [0.2, 0.25) is 0 Å². The average molecular weight is 1770 g/mol. The molecule has 12 aromatic rings. The normalized spacial score (nSPS) is 19.3. The molecule has 6 nitrogen and oxygen atoms in total. The number of rotatable bonds is 0. The van der Waals surface area contributed by atoms with Crippen LogP contribution in [0.2, 0.25) is 0 Å². The molecule has 14 rings (SSSR count). The molecule has 0 spiro atoms. The molecule has 0 saturated heterocycles. The van der Waals surface area contributed by atoms with Crippen LogP contribution in [0.3, 0.4) is 0 Å². The Balaban J connectivity index is 0.000000254. The van der Waals surface area contributed by atoms with Crippen LogP contribution in [0.4, 0.5) is 0 Å². The van der Waals surface area contributed by atoms with Gasteiger partial charge in [-0.15, -0.1) is 23.5 Å². The molecule has 0 radical (unpaired) electrons. The number of hydrogen-bond donors (Lipinski definition) is 4. The van der Waals surface area contributed by atoms with Crippen LogP contribution in [-0.4, -0.2) is 33.6 Å². The number of benzene rings is 12. The summed E-state index contributed by atoms with van der Waals surface area (Å²) in [6.45, 7) is 60.9. The molecule has 0 aromatic heterocycles. The third-order valence-electron chi connectivity index (χ3n) is 18.2. The maximum absolute atomic E-state index is 11.9. The van der Waals surface area contributed by atoms with Gasteiger partial charge in [0.25, 0.3) is 0 Å². The summed E-state index contributed by atoms with van der Waals surface area (Å²) in [4.78, 5) is -0.978. The van der Waals surface area contributed by atoms with Crippen molar-refractivity contribution in [3.63, 3.8) is 0 Å². The average Bonchev–Trinajstić information content (AvgIpc) is 0.995. The zero-order chi connectivity index (χ0) is 91.2. The highest BCUT2D eigenvalue weighted by molar-refractivity contribution is 8.76. The molecule has 12 heteroatoms. The predicted molar refractivity (Wildman–Crippen MR) is 553 cm³/mol. The first-order valence-corrected chi connectivity index (χ1v) is 50.9. The van der Waals surface area contributed by atoms with Crippen molar-refractivity contribution in [3.05, 3.63) is 280 Å². The SMILES string of the molecule is CC(C)(C)C.CC(C)(C)C.CC(C)(C)C.CC(C)(C)C.CC(C)(C)C.CC(C)(C)C.CC1(O)OCCCCc2cccc3c(cccc23)CSC(C)(O)c2cccc3ccc(cc23)CSSCc2cc1c1ccccc1c2.CC1(O)OCCCCc2cccc3c(cccc23)CSC(C)(O)c2cccc3ccc(cc23)SSCc2cc1c1ccccc1c2. The monoisotopic (exact) mass is 1770 g/mol. The maximum atomic E-state index is 11.9. The van der Waals surface area contributed by atoms with Gasteiger partial charge in [0.1, 0.15) is 9.87 Å². The minimum atomic E-state index is -1.40. The molecule has 666 valence electrons. The standard InChI is InChI=1S/C41H40O3S3.C40H38O3S3.6C5H12/c1-40(42)39-24-29(22-32-11-3-4-15-36(32)39)26-47-46-25-28-19-20-31-13-9-18-38(37(31)23-28)41(2,43)45-27-33-14-8-16-34-30(10-5-6-21-44-40)12-7-17-35(33)34;1-39(41)38-23-27(22-30-11-3-4-15-35(30)38)25-45-46-32-20-19-29-13-9-18-37(36(29)24-32)40(2,42)44-26-31-14-8-16-33-28(10-5-6-21-43-39)12-7-17-34(31)33;6*1-5(2,3)4/h3-4,7-9,11-20,22-24,42-43H,5-6,10,21,25-27H2,1-2H3;3-4,7-9,11-20,22-24,41-42H,5-6,10,21,25-26H2,1-2H3;6*1-4H3. The van der Waals surface area contributed by atoms with E-state index in [9.17, 15) is 20.4 Å². The van der Waals surface area contributed by atoms with Crippen molar-refractivity contribution >= 4 is 131 Å². The van der Waals surface area contributed by atoms with Crippen LogP contribution in [0.25, 0.3) is 64.6 Å². The van der Waals surface area contributed by atoms with Crippen molar-refractivity contribution < 1.29 is 29.9 Å². The molecule has 0 saturated carbocycles. The van der Waals surface area contributed by atoms with Gasteiger partial charge in [-0.1, -0.05) is 397 Å². The van der Waals surface area contributed by atoms with Crippen molar-refractivity contribution in [2.45, 2.75) is 287 Å². The van der Waals surface area contributed by atoms with Gasteiger partial charge in [-0.25, -0.2) is 0 Å². The topological polar surface area (TPSA) is 99.4 Å². The fourth-order valence-corrected chi connectivity index (χ4v) is 19.5. The number of thioether (sulfide) groups is 2. The van der Waals surface area contributed by atoms with Gasteiger partial charge >= 0.3 is 0 Å². The molecular formula is C111H150O6S6. The summed E-state index contributed by atoms with van der Waals surface area (Å²) in [5, 5.41) is 60.8. The first-order valence-electron chi connectivity index (χ1n) is 44.1. The largest absolute Gasteiger partial charge is 0.376 e. The number of aryl methyl sites for hydroxylation is 2. The highest BCUT2D eigenvalue weighted by Gasteiger charge is 2.31. The molecule has 123 heavy (non-hydrogen) atoms. The first kappa shape index (κ1) is 104. The second kappa shape index (κ2) is 45.9. The van der Waals surface area contributed by atoms with E-state index in [1.54, 1.807) is 59.0 Å². The highest BCUT2D eigenvalue weighted by Crippen LogP contribution is 2.46. The molecule has 4 atom stereocenters. The Hall–Kier alpha value is -5.94. The van der Waals surface area contributed by atoms with Crippen LogP contribution >= 0.6 is 66.7 Å². The summed E-state index contributed by atoms with van der Waals surface area (Å²) in [6, 6.07) is 76.9. The number of ether oxygens (including phenoxy) is 2. The molecular weight excluding hydrogens is 1620 g/mol. The van der Waals surface area contributed by atoms with Gasteiger partial charge in [-0.3, -0.25) is 0 Å². The lowest BCUT2D eigenvalue weighted by Gasteiger charge is -2.27.